The minimum absolute atomic E-state index is 0.0619. The van der Waals surface area contributed by atoms with Crippen LogP contribution in [0.5, 0.6) is 0 Å². The Balaban J connectivity index is 3.02. The Morgan fingerprint density at radius 3 is 0.688 bits per heavy atom. The maximum atomic E-state index is 8.82. The molecule has 0 unspecified atom stereocenters. The maximum Gasteiger partial charge on any atom is 0.275 e. The molecule has 0 aliphatic heterocycles. The zero-order valence-electron chi connectivity index (χ0n) is 21.9. The van der Waals surface area contributed by atoms with Crippen LogP contribution in [0.1, 0.15) is 180 Å². The molecule has 0 amide bonds. The Morgan fingerprint density at radius 2 is 0.500 bits per heavy atom. The molecule has 3 nitrogen and oxygen atoms in total. The molecule has 0 aliphatic carbocycles. The van der Waals surface area contributed by atoms with E-state index in [1.807, 2.05) is 0 Å². The molecule has 32 heavy (non-hydrogen) atoms. The van der Waals surface area contributed by atoms with Gasteiger partial charge in [0.25, 0.3) is 5.97 Å². The molecule has 3 N–H and O–H groups in total. The van der Waals surface area contributed by atoms with E-state index in [1.165, 1.54) is 148 Å². The van der Waals surface area contributed by atoms with Gasteiger partial charge in [-0.2, -0.15) is 0 Å². The zero-order valence-corrected chi connectivity index (χ0v) is 21.9. The number of rotatable bonds is 27. The van der Waals surface area contributed by atoms with E-state index in [9.17, 15) is 0 Å². The number of unbranched alkanes of at least 4 members (excludes halogenated alkanes) is 25. The van der Waals surface area contributed by atoms with Gasteiger partial charge in [0.05, 0.1) is 0 Å². The molecule has 194 valence electrons. The molecule has 0 saturated heterocycles. The van der Waals surface area contributed by atoms with Crippen molar-refractivity contribution in [1.29, 1.82) is 0 Å². The highest BCUT2D eigenvalue weighted by Crippen LogP contribution is 2.16. The second-order valence-electron chi connectivity index (χ2n) is 10.4. The van der Waals surface area contributed by atoms with E-state index in [4.69, 9.17) is 15.3 Å². The first-order chi connectivity index (χ1) is 15.6. The Kier molecular flexibility index (Phi) is 25.4. The molecule has 0 aromatic carbocycles. The van der Waals surface area contributed by atoms with Crippen molar-refractivity contribution in [3.05, 3.63) is 0 Å². The van der Waals surface area contributed by atoms with Gasteiger partial charge in [-0.15, -0.1) is 0 Å². The molecule has 0 spiro atoms. The van der Waals surface area contributed by atoms with Crippen LogP contribution in [0.25, 0.3) is 0 Å². The lowest BCUT2D eigenvalue weighted by molar-refractivity contribution is -0.315. The Morgan fingerprint density at radius 1 is 0.312 bits per heavy atom. The fourth-order valence-corrected chi connectivity index (χ4v) is 4.68. The van der Waals surface area contributed by atoms with Crippen molar-refractivity contribution >= 4 is 0 Å². The Hall–Kier alpha value is -0.120. The first-order valence-electron chi connectivity index (χ1n) is 14.7. The van der Waals surface area contributed by atoms with Gasteiger partial charge in [-0.25, -0.2) is 0 Å². The normalized spacial score (nSPS) is 12.0. The van der Waals surface area contributed by atoms with E-state index in [2.05, 4.69) is 6.92 Å². The van der Waals surface area contributed by atoms with Crippen molar-refractivity contribution in [2.45, 2.75) is 186 Å². The average molecular weight is 457 g/mol. The zero-order chi connectivity index (χ0) is 23.6. The second-order valence-corrected chi connectivity index (χ2v) is 10.4. The lowest BCUT2D eigenvalue weighted by atomic mass is 10.0. The molecule has 0 aromatic rings. The van der Waals surface area contributed by atoms with E-state index in [0.717, 1.165) is 12.8 Å². The molecule has 0 bridgehead atoms. The number of hydrogen-bond acceptors (Lipinski definition) is 3. The molecule has 0 fully saturated rings. The van der Waals surface area contributed by atoms with Crippen LogP contribution in [0.4, 0.5) is 0 Å². The fraction of sp³-hybridized carbons (Fsp3) is 1.00. The highest BCUT2D eigenvalue weighted by Gasteiger charge is 2.16. The number of aliphatic hydroxyl groups is 3. The van der Waals surface area contributed by atoms with E-state index >= 15 is 0 Å². The van der Waals surface area contributed by atoms with Gasteiger partial charge in [-0.1, -0.05) is 167 Å². The SMILES string of the molecule is CCCCCCCCCCCCCCCCCCCCCCCCCCCCC(O)(O)O. The summed E-state index contributed by atoms with van der Waals surface area (Å²) in [6.45, 7) is 2.29. The molecule has 0 radical (unpaired) electrons. The van der Waals surface area contributed by atoms with Crippen LogP contribution in [-0.2, 0) is 0 Å². The predicted octanol–water partition coefficient (Wildman–Crippen LogP) is 9.17. The summed E-state index contributed by atoms with van der Waals surface area (Å²) in [5, 5.41) is 26.4. The molecule has 0 rings (SSSR count). The summed E-state index contributed by atoms with van der Waals surface area (Å²) in [7, 11) is 0. The van der Waals surface area contributed by atoms with Gasteiger partial charge >= 0.3 is 0 Å². The van der Waals surface area contributed by atoms with Gasteiger partial charge in [-0.3, -0.25) is 0 Å². The van der Waals surface area contributed by atoms with Gasteiger partial charge in [0.1, 0.15) is 0 Å². The summed E-state index contributed by atoms with van der Waals surface area (Å²) in [6.07, 6.45) is 35.5. The van der Waals surface area contributed by atoms with Crippen molar-refractivity contribution < 1.29 is 15.3 Å². The summed E-state index contributed by atoms with van der Waals surface area (Å²) in [5.74, 6) is -2.47. The average Bonchev–Trinajstić information content (AvgIpc) is 2.75. The Bertz CT molecular complexity index is 338. The largest absolute Gasteiger partial charge is 0.344 e. The standard InChI is InChI=1S/C29H60O3/c1-2-3-4-5-6-7-8-9-10-11-12-13-14-15-16-17-18-19-20-21-22-23-24-25-26-27-28-29(30,31)32/h30-32H,2-28H2,1H3. The highest BCUT2D eigenvalue weighted by molar-refractivity contribution is 4.53. The first kappa shape index (κ1) is 31.9. The number of hydrogen-bond donors (Lipinski definition) is 3. The molecular formula is C29H60O3. The fourth-order valence-electron chi connectivity index (χ4n) is 4.68. The lowest BCUT2D eigenvalue weighted by Gasteiger charge is -2.12. The van der Waals surface area contributed by atoms with Crippen molar-refractivity contribution in [3.8, 4) is 0 Å². The van der Waals surface area contributed by atoms with Gasteiger partial charge in [0.15, 0.2) is 0 Å². The third-order valence-electron chi connectivity index (χ3n) is 6.87. The van der Waals surface area contributed by atoms with Crippen LogP contribution < -0.4 is 0 Å². The molecule has 0 saturated carbocycles. The summed E-state index contributed by atoms with van der Waals surface area (Å²) in [4.78, 5) is 0. The second kappa shape index (κ2) is 25.5. The summed E-state index contributed by atoms with van der Waals surface area (Å²) < 4.78 is 0. The molecule has 0 atom stereocenters. The predicted molar refractivity (Wildman–Crippen MR) is 140 cm³/mol. The summed E-state index contributed by atoms with van der Waals surface area (Å²) in [5.41, 5.74) is 0. The van der Waals surface area contributed by atoms with Crippen LogP contribution in [-0.4, -0.2) is 21.3 Å². The summed E-state index contributed by atoms with van der Waals surface area (Å²) in [6, 6.07) is 0. The van der Waals surface area contributed by atoms with Crippen LogP contribution in [0, 0.1) is 0 Å². The van der Waals surface area contributed by atoms with E-state index < -0.39 is 5.97 Å². The van der Waals surface area contributed by atoms with Crippen molar-refractivity contribution in [3.63, 3.8) is 0 Å². The molecule has 0 aliphatic rings. The quantitative estimate of drug-likeness (QED) is 0.0852. The maximum absolute atomic E-state index is 8.82. The molecule has 0 heterocycles. The van der Waals surface area contributed by atoms with Gasteiger partial charge in [0, 0.05) is 6.42 Å². The minimum atomic E-state index is -2.47. The molecular weight excluding hydrogens is 396 g/mol. The van der Waals surface area contributed by atoms with Crippen LogP contribution in [0.15, 0.2) is 0 Å². The van der Waals surface area contributed by atoms with Gasteiger partial charge in [0.2, 0.25) is 0 Å². The van der Waals surface area contributed by atoms with E-state index in [-0.39, 0.29) is 6.42 Å². The smallest absolute Gasteiger partial charge is 0.275 e. The van der Waals surface area contributed by atoms with E-state index in [0.29, 0.717) is 6.42 Å². The van der Waals surface area contributed by atoms with Crippen molar-refractivity contribution in [2.24, 2.45) is 0 Å². The third-order valence-corrected chi connectivity index (χ3v) is 6.87. The van der Waals surface area contributed by atoms with Crippen molar-refractivity contribution in [2.75, 3.05) is 0 Å². The molecule has 3 heteroatoms. The topological polar surface area (TPSA) is 60.7 Å². The van der Waals surface area contributed by atoms with Crippen LogP contribution >= 0.6 is 0 Å². The van der Waals surface area contributed by atoms with E-state index in [1.54, 1.807) is 0 Å². The lowest BCUT2D eigenvalue weighted by Crippen LogP contribution is -2.26. The third kappa shape index (κ3) is 29.9. The first-order valence-corrected chi connectivity index (χ1v) is 14.7. The summed E-state index contributed by atoms with van der Waals surface area (Å²) >= 11 is 0. The highest BCUT2D eigenvalue weighted by atomic mass is 16.7. The Labute approximate surface area is 201 Å². The van der Waals surface area contributed by atoms with Crippen LogP contribution in [0.3, 0.4) is 0 Å². The van der Waals surface area contributed by atoms with Gasteiger partial charge in [-0.05, 0) is 6.42 Å². The molecule has 0 aromatic heterocycles. The minimum Gasteiger partial charge on any atom is -0.344 e. The van der Waals surface area contributed by atoms with Crippen molar-refractivity contribution in [1.82, 2.24) is 0 Å². The van der Waals surface area contributed by atoms with Crippen LogP contribution in [0.2, 0.25) is 0 Å². The monoisotopic (exact) mass is 456 g/mol. The van der Waals surface area contributed by atoms with Gasteiger partial charge < -0.3 is 15.3 Å².